The smallest absolute Gasteiger partial charge is 0.0409 e. The molecule has 0 atom stereocenters. The largest absolute Gasteiger partial charge is 0.313 e. The maximum Gasteiger partial charge on any atom is 0.0409 e. The maximum atomic E-state index is 6.00. The molecule has 1 aromatic carbocycles. The van der Waals surface area contributed by atoms with Gasteiger partial charge in [-0.1, -0.05) is 43.0 Å². The van der Waals surface area contributed by atoms with Crippen LogP contribution in [-0.2, 0) is 6.54 Å². The van der Waals surface area contributed by atoms with Crippen LogP contribution >= 0.6 is 11.6 Å². The van der Waals surface area contributed by atoms with Crippen LogP contribution in [0.15, 0.2) is 24.3 Å². The second kappa shape index (κ2) is 7.88. The molecule has 1 aliphatic rings. The fraction of sp³-hybridized carbons (Fsp3) is 0.625. The molecule has 1 aliphatic carbocycles. The van der Waals surface area contributed by atoms with Gasteiger partial charge in [0.05, 0.1) is 0 Å². The van der Waals surface area contributed by atoms with Gasteiger partial charge < -0.3 is 10.2 Å². The number of hydrogen-bond acceptors (Lipinski definition) is 2. The average molecular weight is 281 g/mol. The highest BCUT2D eigenvalue weighted by Crippen LogP contribution is 2.17. The lowest BCUT2D eigenvalue weighted by molar-refractivity contribution is 0.300. The summed E-state index contributed by atoms with van der Waals surface area (Å²) in [5.41, 5.74) is 1.28. The Morgan fingerprint density at radius 2 is 2.05 bits per heavy atom. The van der Waals surface area contributed by atoms with E-state index < -0.39 is 0 Å². The van der Waals surface area contributed by atoms with Gasteiger partial charge in [0, 0.05) is 30.7 Å². The predicted octanol–water partition coefficient (Wildman–Crippen LogP) is 3.69. The first kappa shape index (κ1) is 14.8. The van der Waals surface area contributed by atoms with Gasteiger partial charge in [-0.05, 0) is 37.6 Å². The van der Waals surface area contributed by atoms with Crippen molar-refractivity contribution in [2.45, 2.75) is 44.7 Å². The summed E-state index contributed by atoms with van der Waals surface area (Å²) in [6, 6.07) is 8.89. The second-order valence-corrected chi connectivity index (χ2v) is 6.09. The summed E-state index contributed by atoms with van der Waals surface area (Å²) in [6.07, 6.45) is 6.94. The Hall–Kier alpha value is -0.570. The zero-order chi connectivity index (χ0) is 13.5. The maximum absolute atomic E-state index is 6.00. The SMILES string of the molecule is CN(CCNC1CCCCC1)Cc1cccc(Cl)c1. The third-order valence-corrected chi connectivity index (χ3v) is 4.11. The van der Waals surface area contributed by atoms with Crippen molar-refractivity contribution in [1.82, 2.24) is 10.2 Å². The molecule has 0 heterocycles. The number of nitrogens with zero attached hydrogens (tertiary/aromatic N) is 1. The summed E-state index contributed by atoms with van der Waals surface area (Å²) in [5, 5.41) is 4.51. The van der Waals surface area contributed by atoms with Crippen LogP contribution in [0.3, 0.4) is 0 Å². The molecule has 1 N–H and O–H groups in total. The second-order valence-electron chi connectivity index (χ2n) is 5.66. The van der Waals surface area contributed by atoms with Crippen LogP contribution in [0.2, 0.25) is 5.02 Å². The zero-order valence-electron chi connectivity index (χ0n) is 11.9. The van der Waals surface area contributed by atoms with E-state index in [0.717, 1.165) is 30.7 Å². The predicted molar refractivity (Wildman–Crippen MR) is 82.7 cm³/mol. The molecule has 0 spiro atoms. The zero-order valence-corrected chi connectivity index (χ0v) is 12.6. The Morgan fingerprint density at radius 3 is 2.79 bits per heavy atom. The van der Waals surface area contributed by atoms with Gasteiger partial charge in [-0.3, -0.25) is 0 Å². The highest BCUT2D eigenvalue weighted by atomic mass is 35.5. The van der Waals surface area contributed by atoms with Crippen LogP contribution < -0.4 is 5.32 Å². The van der Waals surface area contributed by atoms with Crippen molar-refractivity contribution in [2.24, 2.45) is 0 Å². The van der Waals surface area contributed by atoms with Crippen molar-refractivity contribution < 1.29 is 0 Å². The average Bonchev–Trinajstić information content (AvgIpc) is 2.40. The summed E-state index contributed by atoms with van der Waals surface area (Å²) < 4.78 is 0. The van der Waals surface area contributed by atoms with Gasteiger partial charge in [0.15, 0.2) is 0 Å². The molecule has 0 bridgehead atoms. The van der Waals surface area contributed by atoms with Crippen LogP contribution in [0.1, 0.15) is 37.7 Å². The number of halogens is 1. The monoisotopic (exact) mass is 280 g/mol. The number of nitrogens with one attached hydrogen (secondary N) is 1. The molecular formula is C16H25ClN2. The van der Waals surface area contributed by atoms with Crippen LogP contribution in [0.25, 0.3) is 0 Å². The summed E-state index contributed by atoms with van der Waals surface area (Å²) in [6.45, 7) is 3.14. The van der Waals surface area contributed by atoms with Gasteiger partial charge in [0.2, 0.25) is 0 Å². The van der Waals surface area contributed by atoms with Gasteiger partial charge in [0.25, 0.3) is 0 Å². The van der Waals surface area contributed by atoms with Gasteiger partial charge in [-0.25, -0.2) is 0 Å². The van der Waals surface area contributed by atoms with Gasteiger partial charge in [0.1, 0.15) is 0 Å². The molecule has 0 amide bonds. The normalized spacial score (nSPS) is 17.0. The number of hydrogen-bond donors (Lipinski definition) is 1. The molecule has 0 aromatic heterocycles. The molecule has 19 heavy (non-hydrogen) atoms. The quantitative estimate of drug-likeness (QED) is 0.855. The van der Waals surface area contributed by atoms with E-state index in [-0.39, 0.29) is 0 Å². The lowest BCUT2D eigenvalue weighted by atomic mass is 9.95. The summed E-state index contributed by atoms with van der Waals surface area (Å²) in [5.74, 6) is 0. The van der Waals surface area contributed by atoms with Crippen molar-refractivity contribution in [3.8, 4) is 0 Å². The number of likely N-dealkylation sites (N-methyl/N-ethyl adjacent to an activating group) is 1. The van der Waals surface area contributed by atoms with Crippen LogP contribution in [0.5, 0.6) is 0 Å². The molecule has 1 aromatic rings. The van der Waals surface area contributed by atoms with E-state index in [0.29, 0.717) is 0 Å². The van der Waals surface area contributed by atoms with E-state index in [1.807, 2.05) is 18.2 Å². The first-order chi connectivity index (χ1) is 9.24. The first-order valence-electron chi connectivity index (χ1n) is 7.40. The van der Waals surface area contributed by atoms with Gasteiger partial charge >= 0.3 is 0 Å². The molecule has 0 saturated heterocycles. The van der Waals surface area contributed by atoms with Gasteiger partial charge in [-0.2, -0.15) is 0 Å². The van der Waals surface area contributed by atoms with E-state index in [1.54, 1.807) is 0 Å². The molecule has 0 radical (unpaired) electrons. The Kier molecular flexibility index (Phi) is 6.15. The first-order valence-corrected chi connectivity index (χ1v) is 7.78. The highest BCUT2D eigenvalue weighted by molar-refractivity contribution is 6.30. The topological polar surface area (TPSA) is 15.3 Å². The third kappa shape index (κ3) is 5.52. The Bertz CT molecular complexity index is 375. The molecule has 2 nitrogen and oxygen atoms in total. The molecule has 1 fully saturated rings. The van der Waals surface area contributed by atoms with Crippen molar-refractivity contribution in [3.05, 3.63) is 34.9 Å². The fourth-order valence-electron chi connectivity index (χ4n) is 2.79. The molecule has 2 rings (SSSR count). The number of rotatable bonds is 6. The molecular weight excluding hydrogens is 256 g/mol. The third-order valence-electron chi connectivity index (χ3n) is 3.87. The van der Waals surface area contributed by atoms with Crippen molar-refractivity contribution in [3.63, 3.8) is 0 Å². The lowest BCUT2D eigenvalue weighted by Crippen LogP contribution is -2.36. The summed E-state index contributed by atoms with van der Waals surface area (Å²) in [7, 11) is 2.17. The molecule has 1 saturated carbocycles. The van der Waals surface area contributed by atoms with Crippen molar-refractivity contribution in [1.29, 1.82) is 0 Å². The minimum absolute atomic E-state index is 0.758. The van der Waals surface area contributed by atoms with E-state index in [4.69, 9.17) is 11.6 Å². The lowest BCUT2D eigenvalue weighted by Gasteiger charge is -2.24. The van der Waals surface area contributed by atoms with E-state index in [9.17, 15) is 0 Å². The van der Waals surface area contributed by atoms with Crippen LogP contribution in [0, 0.1) is 0 Å². The Labute approximate surface area is 122 Å². The minimum atomic E-state index is 0.758. The van der Waals surface area contributed by atoms with E-state index in [2.05, 4.69) is 23.3 Å². The minimum Gasteiger partial charge on any atom is -0.313 e. The van der Waals surface area contributed by atoms with Crippen LogP contribution in [0.4, 0.5) is 0 Å². The molecule has 0 aliphatic heterocycles. The standard InChI is InChI=1S/C16H25ClN2/c1-19(13-14-6-5-7-15(17)12-14)11-10-18-16-8-3-2-4-9-16/h5-7,12,16,18H,2-4,8-11,13H2,1H3. The van der Waals surface area contributed by atoms with Crippen molar-refractivity contribution in [2.75, 3.05) is 20.1 Å². The molecule has 106 valence electrons. The Morgan fingerprint density at radius 1 is 1.26 bits per heavy atom. The van der Waals surface area contributed by atoms with E-state index >= 15 is 0 Å². The van der Waals surface area contributed by atoms with E-state index in [1.165, 1.54) is 37.7 Å². The number of benzene rings is 1. The summed E-state index contributed by atoms with van der Waals surface area (Å²) in [4.78, 5) is 2.35. The fourth-order valence-corrected chi connectivity index (χ4v) is 3.01. The Balaban J connectivity index is 1.65. The highest BCUT2D eigenvalue weighted by Gasteiger charge is 2.12. The summed E-state index contributed by atoms with van der Waals surface area (Å²) >= 11 is 6.00. The van der Waals surface area contributed by atoms with Gasteiger partial charge in [-0.15, -0.1) is 0 Å². The molecule has 0 unspecified atom stereocenters. The van der Waals surface area contributed by atoms with Crippen molar-refractivity contribution >= 4 is 11.6 Å². The molecule has 3 heteroatoms. The van der Waals surface area contributed by atoms with Crippen LogP contribution in [-0.4, -0.2) is 31.1 Å².